The van der Waals surface area contributed by atoms with Gasteiger partial charge in [-0.25, -0.2) is 8.42 Å². The number of carboxylic acid groups (broad SMARTS) is 1. The molecule has 0 unspecified atom stereocenters. The van der Waals surface area contributed by atoms with Gasteiger partial charge in [-0.05, 0) is 24.5 Å². The van der Waals surface area contributed by atoms with Crippen LogP contribution in [0.1, 0.15) is 44.0 Å². The van der Waals surface area contributed by atoms with Gasteiger partial charge in [-0.15, -0.1) is 0 Å². The average molecular weight is 327 g/mol. The number of carboxylic acids is 1. The molecule has 0 radical (unpaired) electrons. The van der Waals surface area contributed by atoms with Gasteiger partial charge in [0.05, 0.1) is 4.90 Å². The SMILES string of the molecule is CCC(=O)c1cccc(S(=O)(=O)N[C@@H](CC(C)C)C(=O)O)c1. The molecule has 0 aliphatic rings. The zero-order chi connectivity index (χ0) is 16.9. The van der Waals surface area contributed by atoms with Gasteiger partial charge in [0.15, 0.2) is 5.78 Å². The lowest BCUT2D eigenvalue weighted by Gasteiger charge is -2.16. The largest absolute Gasteiger partial charge is 0.480 e. The average Bonchev–Trinajstić information content (AvgIpc) is 2.45. The quantitative estimate of drug-likeness (QED) is 0.712. The van der Waals surface area contributed by atoms with E-state index in [1.54, 1.807) is 6.92 Å². The molecule has 0 bridgehead atoms. The van der Waals surface area contributed by atoms with Crippen LogP contribution in [0, 0.1) is 5.92 Å². The Balaban J connectivity index is 3.08. The summed E-state index contributed by atoms with van der Waals surface area (Å²) in [5.41, 5.74) is 0.293. The number of hydrogen-bond donors (Lipinski definition) is 2. The van der Waals surface area contributed by atoms with Crippen LogP contribution < -0.4 is 4.72 Å². The Morgan fingerprint density at radius 3 is 2.41 bits per heavy atom. The van der Waals surface area contributed by atoms with Crippen molar-refractivity contribution in [3.63, 3.8) is 0 Å². The Hall–Kier alpha value is -1.73. The van der Waals surface area contributed by atoms with E-state index in [0.29, 0.717) is 5.56 Å². The monoisotopic (exact) mass is 327 g/mol. The van der Waals surface area contributed by atoms with E-state index in [9.17, 15) is 18.0 Å². The molecular weight excluding hydrogens is 306 g/mol. The second-order valence-corrected chi connectivity index (χ2v) is 7.16. The summed E-state index contributed by atoms with van der Waals surface area (Å²) in [7, 11) is -4.00. The summed E-state index contributed by atoms with van der Waals surface area (Å²) < 4.78 is 26.8. The van der Waals surface area contributed by atoms with Gasteiger partial charge < -0.3 is 5.11 Å². The van der Waals surface area contributed by atoms with Crippen molar-refractivity contribution in [3.8, 4) is 0 Å². The van der Waals surface area contributed by atoms with Gasteiger partial charge in [-0.3, -0.25) is 9.59 Å². The first-order chi connectivity index (χ1) is 10.2. The van der Waals surface area contributed by atoms with E-state index in [2.05, 4.69) is 4.72 Å². The first-order valence-electron chi connectivity index (χ1n) is 7.05. The highest BCUT2D eigenvalue weighted by Crippen LogP contribution is 2.15. The first kappa shape index (κ1) is 18.3. The number of Topliss-reactive ketones (excluding diaryl/α,β-unsaturated/α-hetero) is 1. The fourth-order valence-corrected chi connectivity index (χ4v) is 3.21. The number of carbonyl (C=O) groups is 2. The van der Waals surface area contributed by atoms with Crippen molar-refractivity contribution < 1.29 is 23.1 Å². The van der Waals surface area contributed by atoms with Crippen molar-refractivity contribution in [1.29, 1.82) is 0 Å². The predicted octanol–water partition coefficient (Wildman–Crippen LogP) is 2.06. The molecule has 0 aromatic heterocycles. The molecule has 1 aromatic carbocycles. The van der Waals surface area contributed by atoms with Crippen molar-refractivity contribution in [1.82, 2.24) is 4.72 Å². The Kier molecular flexibility index (Phi) is 6.25. The van der Waals surface area contributed by atoms with Crippen molar-refractivity contribution in [3.05, 3.63) is 29.8 Å². The molecule has 0 spiro atoms. The third-order valence-corrected chi connectivity index (χ3v) is 4.56. The molecule has 1 aromatic rings. The zero-order valence-corrected chi connectivity index (χ0v) is 13.7. The zero-order valence-electron chi connectivity index (χ0n) is 12.9. The highest BCUT2D eigenvalue weighted by molar-refractivity contribution is 7.89. The minimum absolute atomic E-state index is 0.0248. The van der Waals surface area contributed by atoms with Crippen LogP contribution in [0.15, 0.2) is 29.2 Å². The number of nitrogens with one attached hydrogen (secondary N) is 1. The molecule has 2 N–H and O–H groups in total. The van der Waals surface area contributed by atoms with Crippen molar-refractivity contribution in [2.45, 2.75) is 44.6 Å². The topological polar surface area (TPSA) is 101 Å². The number of aliphatic carboxylic acids is 1. The Morgan fingerprint density at radius 1 is 1.27 bits per heavy atom. The Bertz CT molecular complexity index is 652. The van der Waals surface area contributed by atoms with Gasteiger partial charge >= 0.3 is 5.97 Å². The van der Waals surface area contributed by atoms with Gasteiger partial charge in [0.1, 0.15) is 6.04 Å². The van der Waals surface area contributed by atoms with Crippen LogP contribution in [0.5, 0.6) is 0 Å². The Morgan fingerprint density at radius 2 is 1.91 bits per heavy atom. The van der Waals surface area contributed by atoms with E-state index in [4.69, 9.17) is 5.11 Å². The van der Waals surface area contributed by atoms with E-state index >= 15 is 0 Å². The van der Waals surface area contributed by atoms with Crippen LogP contribution in [0.4, 0.5) is 0 Å². The highest BCUT2D eigenvalue weighted by Gasteiger charge is 2.26. The summed E-state index contributed by atoms with van der Waals surface area (Å²) in [4.78, 5) is 22.7. The van der Waals surface area contributed by atoms with Crippen molar-refractivity contribution in [2.75, 3.05) is 0 Å². The summed E-state index contributed by atoms with van der Waals surface area (Å²) in [5.74, 6) is -1.37. The number of ketones is 1. The molecule has 22 heavy (non-hydrogen) atoms. The molecule has 0 amide bonds. The highest BCUT2D eigenvalue weighted by atomic mass is 32.2. The molecule has 0 saturated heterocycles. The fourth-order valence-electron chi connectivity index (χ4n) is 1.97. The molecule has 0 heterocycles. The van der Waals surface area contributed by atoms with E-state index in [1.165, 1.54) is 24.3 Å². The number of hydrogen-bond acceptors (Lipinski definition) is 4. The number of carbonyl (C=O) groups excluding carboxylic acids is 1. The molecule has 6 nitrogen and oxygen atoms in total. The normalized spacial score (nSPS) is 13.1. The maximum absolute atomic E-state index is 12.3. The van der Waals surface area contributed by atoms with E-state index in [-0.39, 0.29) is 29.4 Å². The lowest BCUT2D eigenvalue weighted by Crippen LogP contribution is -2.41. The minimum atomic E-state index is -4.00. The molecule has 0 aliphatic carbocycles. The maximum Gasteiger partial charge on any atom is 0.321 e. The minimum Gasteiger partial charge on any atom is -0.480 e. The van der Waals surface area contributed by atoms with E-state index in [0.717, 1.165) is 0 Å². The van der Waals surface area contributed by atoms with Gasteiger partial charge in [0.2, 0.25) is 10.0 Å². The standard InChI is InChI=1S/C15H21NO5S/c1-4-14(17)11-6-5-7-12(9-11)22(20,21)16-13(15(18)19)8-10(2)3/h5-7,9-10,13,16H,4,8H2,1-3H3,(H,18,19)/t13-/m0/s1. The number of sulfonamides is 1. The molecule has 0 aliphatic heterocycles. The maximum atomic E-state index is 12.3. The van der Waals surface area contributed by atoms with Crippen LogP contribution >= 0.6 is 0 Å². The summed E-state index contributed by atoms with van der Waals surface area (Å²) in [6, 6.07) is 4.41. The summed E-state index contributed by atoms with van der Waals surface area (Å²) in [6.07, 6.45) is 0.449. The third kappa shape index (κ3) is 4.92. The van der Waals surface area contributed by atoms with Gasteiger partial charge in [-0.1, -0.05) is 32.9 Å². The van der Waals surface area contributed by atoms with Crippen LogP contribution in [0.2, 0.25) is 0 Å². The van der Waals surface area contributed by atoms with Crippen LogP contribution in [0.25, 0.3) is 0 Å². The number of benzene rings is 1. The molecule has 122 valence electrons. The smallest absolute Gasteiger partial charge is 0.321 e. The predicted molar refractivity (Wildman–Crippen MR) is 82.3 cm³/mol. The summed E-state index contributed by atoms with van der Waals surface area (Å²) in [5, 5.41) is 9.13. The van der Waals surface area contributed by atoms with E-state index < -0.39 is 22.0 Å². The second kappa shape index (κ2) is 7.51. The molecule has 0 fully saturated rings. The molecular formula is C15H21NO5S. The first-order valence-corrected chi connectivity index (χ1v) is 8.54. The van der Waals surface area contributed by atoms with Crippen LogP contribution in [0.3, 0.4) is 0 Å². The van der Waals surface area contributed by atoms with Gasteiger partial charge in [0.25, 0.3) is 0 Å². The molecule has 1 atom stereocenters. The van der Waals surface area contributed by atoms with Gasteiger partial charge in [-0.2, -0.15) is 4.72 Å². The fraction of sp³-hybridized carbons (Fsp3) is 0.467. The second-order valence-electron chi connectivity index (χ2n) is 5.45. The van der Waals surface area contributed by atoms with Crippen molar-refractivity contribution in [2.24, 2.45) is 5.92 Å². The van der Waals surface area contributed by atoms with Crippen molar-refractivity contribution >= 4 is 21.8 Å². The van der Waals surface area contributed by atoms with E-state index in [1.807, 2.05) is 13.8 Å². The third-order valence-electron chi connectivity index (χ3n) is 3.09. The lowest BCUT2D eigenvalue weighted by molar-refractivity contribution is -0.139. The molecule has 7 heteroatoms. The molecule has 1 rings (SSSR count). The van der Waals surface area contributed by atoms with Crippen LogP contribution in [-0.4, -0.2) is 31.3 Å². The van der Waals surface area contributed by atoms with Gasteiger partial charge in [0, 0.05) is 12.0 Å². The Labute approximate surface area is 130 Å². The summed E-state index contributed by atoms with van der Waals surface area (Å²) in [6.45, 7) is 5.31. The lowest BCUT2D eigenvalue weighted by atomic mass is 10.1. The van der Waals surface area contributed by atoms with Crippen LogP contribution in [-0.2, 0) is 14.8 Å². The molecule has 0 saturated carbocycles. The summed E-state index contributed by atoms with van der Waals surface area (Å²) >= 11 is 0. The number of rotatable bonds is 8.